The molecule has 1 amide bonds. The van der Waals surface area contributed by atoms with E-state index in [1.54, 1.807) is 6.07 Å². The van der Waals surface area contributed by atoms with Crippen molar-refractivity contribution in [2.45, 2.75) is 25.9 Å². The van der Waals surface area contributed by atoms with Gasteiger partial charge < -0.3 is 19.5 Å². The molecule has 1 aromatic carbocycles. The highest BCUT2D eigenvalue weighted by Crippen LogP contribution is 2.37. The lowest BCUT2D eigenvalue weighted by Gasteiger charge is -2.35. The van der Waals surface area contributed by atoms with E-state index < -0.39 is 0 Å². The van der Waals surface area contributed by atoms with Crippen LogP contribution in [0.2, 0.25) is 0 Å². The Morgan fingerprint density at radius 2 is 2.00 bits per heavy atom. The third-order valence-corrected chi connectivity index (χ3v) is 4.85. The van der Waals surface area contributed by atoms with Crippen LogP contribution in [-0.2, 0) is 4.74 Å². The molecule has 1 saturated heterocycles. The number of carbonyl (C=O) groups excluding carboxylic acids is 1. The van der Waals surface area contributed by atoms with Crippen LogP contribution in [0.3, 0.4) is 0 Å². The molecule has 0 aromatic heterocycles. The van der Waals surface area contributed by atoms with E-state index in [1.165, 1.54) is 0 Å². The van der Waals surface area contributed by atoms with Gasteiger partial charge in [-0.05, 0) is 38.0 Å². The van der Waals surface area contributed by atoms with Gasteiger partial charge in [-0.2, -0.15) is 0 Å². The minimum Gasteiger partial charge on any atom is -0.491 e. The van der Waals surface area contributed by atoms with E-state index in [4.69, 9.17) is 9.47 Å². The molecule has 1 aromatic rings. The summed E-state index contributed by atoms with van der Waals surface area (Å²) in [7, 11) is 0. The standard InChI is InChI=1S/C18H25NO4/c1-2-22-8-9-23-16-5-3-4-13(10-16)18(21)19-11-14-6-7-15(12-19)17(14)20/h3-5,10,14-15,17,20H,2,6-9,11-12H2,1H3. The third kappa shape index (κ3) is 3.67. The zero-order valence-corrected chi connectivity index (χ0v) is 13.6. The lowest BCUT2D eigenvalue weighted by Crippen LogP contribution is -2.47. The van der Waals surface area contributed by atoms with Crippen LogP contribution < -0.4 is 4.74 Å². The van der Waals surface area contributed by atoms with Gasteiger partial charge in [-0.1, -0.05) is 6.07 Å². The van der Waals surface area contributed by atoms with Crippen molar-refractivity contribution < 1.29 is 19.4 Å². The Balaban J connectivity index is 1.61. The molecule has 1 aliphatic carbocycles. The highest BCUT2D eigenvalue weighted by Gasteiger charge is 2.42. The first kappa shape index (κ1) is 16.3. The van der Waals surface area contributed by atoms with E-state index in [0.717, 1.165) is 12.8 Å². The predicted molar refractivity (Wildman–Crippen MR) is 86.6 cm³/mol. The maximum absolute atomic E-state index is 12.7. The first-order valence-corrected chi connectivity index (χ1v) is 8.47. The van der Waals surface area contributed by atoms with Crippen molar-refractivity contribution in [1.29, 1.82) is 0 Å². The van der Waals surface area contributed by atoms with Crippen LogP contribution in [0.15, 0.2) is 24.3 Å². The molecular formula is C18H25NO4. The number of aliphatic hydroxyl groups excluding tert-OH is 1. The van der Waals surface area contributed by atoms with Crippen LogP contribution in [0.4, 0.5) is 0 Å². The van der Waals surface area contributed by atoms with E-state index in [2.05, 4.69) is 0 Å². The number of ether oxygens (including phenoxy) is 2. The molecule has 1 heterocycles. The molecule has 5 heteroatoms. The average Bonchev–Trinajstić information content (AvgIpc) is 2.78. The number of nitrogens with zero attached hydrogens (tertiary/aromatic N) is 1. The fourth-order valence-electron chi connectivity index (χ4n) is 3.62. The van der Waals surface area contributed by atoms with Crippen molar-refractivity contribution in [3.63, 3.8) is 0 Å². The molecule has 1 aliphatic heterocycles. The highest BCUT2D eigenvalue weighted by molar-refractivity contribution is 5.94. The molecule has 5 nitrogen and oxygen atoms in total. The lowest BCUT2D eigenvalue weighted by atomic mass is 9.94. The highest BCUT2D eigenvalue weighted by atomic mass is 16.5. The summed E-state index contributed by atoms with van der Waals surface area (Å²) in [5.74, 6) is 1.20. The Labute approximate surface area is 137 Å². The summed E-state index contributed by atoms with van der Waals surface area (Å²) in [4.78, 5) is 14.6. The molecule has 2 unspecified atom stereocenters. The molecule has 3 rings (SSSR count). The van der Waals surface area contributed by atoms with Crippen molar-refractivity contribution in [2.24, 2.45) is 11.8 Å². The second-order valence-electron chi connectivity index (χ2n) is 6.37. The fraction of sp³-hybridized carbons (Fsp3) is 0.611. The Morgan fingerprint density at radius 1 is 1.26 bits per heavy atom. The van der Waals surface area contributed by atoms with Gasteiger partial charge in [0.2, 0.25) is 0 Å². The van der Waals surface area contributed by atoms with E-state index in [0.29, 0.717) is 44.2 Å². The number of likely N-dealkylation sites (tertiary alicyclic amines) is 1. The van der Waals surface area contributed by atoms with Gasteiger partial charge in [0, 0.05) is 37.1 Å². The summed E-state index contributed by atoms with van der Waals surface area (Å²) < 4.78 is 10.9. The number of aliphatic hydroxyl groups is 1. The van der Waals surface area contributed by atoms with E-state index in [-0.39, 0.29) is 23.8 Å². The van der Waals surface area contributed by atoms with Gasteiger partial charge in [-0.15, -0.1) is 0 Å². The number of amides is 1. The fourth-order valence-corrected chi connectivity index (χ4v) is 3.62. The van der Waals surface area contributed by atoms with Gasteiger partial charge in [0.15, 0.2) is 0 Å². The predicted octanol–water partition coefficient (Wildman–Crippen LogP) is 1.94. The van der Waals surface area contributed by atoms with Gasteiger partial charge in [0.1, 0.15) is 12.4 Å². The number of hydrogen-bond acceptors (Lipinski definition) is 4. The second-order valence-corrected chi connectivity index (χ2v) is 6.37. The zero-order chi connectivity index (χ0) is 16.2. The average molecular weight is 319 g/mol. The number of benzene rings is 1. The van der Waals surface area contributed by atoms with E-state index in [1.807, 2.05) is 30.0 Å². The minimum atomic E-state index is -0.229. The molecule has 23 heavy (non-hydrogen) atoms. The molecule has 1 N–H and O–H groups in total. The van der Waals surface area contributed by atoms with Crippen LogP contribution in [0.5, 0.6) is 5.75 Å². The van der Waals surface area contributed by atoms with Crippen molar-refractivity contribution in [1.82, 2.24) is 4.90 Å². The number of rotatable bonds is 6. The van der Waals surface area contributed by atoms with Crippen LogP contribution in [0.1, 0.15) is 30.1 Å². The molecular weight excluding hydrogens is 294 g/mol. The Bertz CT molecular complexity index is 534. The number of piperidine rings is 1. The van der Waals surface area contributed by atoms with Crippen molar-refractivity contribution >= 4 is 5.91 Å². The maximum atomic E-state index is 12.7. The number of fused-ring (bicyclic) bond motifs is 2. The summed E-state index contributed by atoms with van der Waals surface area (Å²) in [5, 5.41) is 10.1. The summed E-state index contributed by atoms with van der Waals surface area (Å²) in [6.07, 6.45) is 1.82. The van der Waals surface area contributed by atoms with E-state index in [9.17, 15) is 9.90 Å². The van der Waals surface area contributed by atoms with Gasteiger partial charge in [0.25, 0.3) is 5.91 Å². The number of hydrogen-bond donors (Lipinski definition) is 1. The van der Waals surface area contributed by atoms with Crippen LogP contribution in [-0.4, -0.2) is 54.9 Å². The Kier molecular flexibility index (Phi) is 5.18. The molecule has 2 aliphatic rings. The second kappa shape index (κ2) is 7.32. The first-order chi connectivity index (χ1) is 11.2. The molecule has 2 atom stereocenters. The smallest absolute Gasteiger partial charge is 0.254 e. The van der Waals surface area contributed by atoms with Crippen LogP contribution in [0.25, 0.3) is 0 Å². The monoisotopic (exact) mass is 319 g/mol. The third-order valence-electron chi connectivity index (χ3n) is 4.85. The quantitative estimate of drug-likeness (QED) is 0.814. The summed E-state index contributed by atoms with van der Waals surface area (Å²) in [5.41, 5.74) is 0.648. The molecule has 2 fully saturated rings. The van der Waals surface area contributed by atoms with Crippen molar-refractivity contribution in [3.8, 4) is 5.75 Å². The van der Waals surface area contributed by atoms with Gasteiger partial charge in [-0.3, -0.25) is 4.79 Å². The molecule has 126 valence electrons. The SMILES string of the molecule is CCOCCOc1cccc(C(=O)N2CC3CCC(C2)C3O)c1. The lowest BCUT2D eigenvalue weighted by molar-refractivity contribution is 0.0166. The molecule has 2 bridgehead atoms. The Morgan fingerprint density at radius 3 is 2.70 bits per heavy atom. The first-order valence-electron chi connectivity index (χ1n) is 8.47. The largest absolute Gasteiger partial charge is 0.491 e. The van der Waals surface area contributed by atoms with Crippen LogP contribution >= 0.6 is 0 Å². The summed E-state index contributed by atoms with van der Waals surface area (Å²) in [6, 6.07) is 7.31. The summed E-state index contributed by atoms with van der Waals surface area (Å²) >= 11 is 0. The van der Waals surface area contributed by atoms with Crippen molar-refractivity contribution in [3.05, 3.63) is 29.8 Å². The zero-order valence-electron chi connectivity index (χ0n) is 13.6. The van der Waals surface area contributed by atoms with Gasteiger partial charge >= 0.3 is 0 Å². The van der Waals surface area contributed by atoms with Crippen LogP contribution in [0, 0.1) is 11.8 Å². The van der Waals surface area contributed by atoms with E-state index >= 15 is 0 Å². The molecule has 0 spiro atoms. The minimum absolute atomic E-state index is 0.0315. The van der Waals surface area contributed by atoms with Gasteiger partial charge in [-0.25, -0.2) is 0 Å². The normalized spacial score (nSPS) is 26.3. The van der Waals surface area contributed by atoms with Crippen molar-refractivity contribution in [2.75, 3.05) is 32.9 Å². The molecule has 0 radical (unpaired) electrons. The Hall–Kier alpha value is -1.59. The topological polar surface area (TPSA) is 59.0 Å². The number of carbonyl (C=O) groups is 1. The molecule has 1 saturated carbocycles. The van der Waals surface area contributed by atoms with Gasteiger partial charge in [0.05, 0.1) is 12.7 Å². The maximum Gasteiger partial charge on any atom is 0.254 e. The summed E-state index contributed by atoms with van der Waals surface area (Å²) in [6.45, 7) is 4.96.